The van der Waals surface area contributed by atoms with E-state index in [1.165, 1.54) is 36.7 Å². The summed E-state index contributed by atoms with van der Waals surface area (Å²) >= 11 is 5.90. The monoisotopic (exact) mass is 480 g/mol. The van der Waals surface area contributed by atoms with Gasteiger partial charge in [0.05, 0.1) is 16.1 Å². The molecule has 2 heterocycles. The predicted molar refractivity (Wildman–Crippen MR) is 125 cm³/mol. The molecule has 0 aliphatic rings. The molecule has 0 saturated carbocycles. The molecule has 0 bridgehead atoms. The highest BCUT2D eigenvalue weighted by molar-refractivity contribution is 6.31. The summed E-state index contributed by atoms with van der Waals surface area (Å²) in [5.41, 5.74) is 2.90. The number of anilines is 2. The minimum absolute atomic E-state index is 0.0363. The van der Waals surface area contributed by atoms with Gasteiger partial charge < -0.3 is 15.0 Å². The number of aromatic nitrogens is 3. The van der Waals surface area contributed by atoms with Crippen LogP contribution in [0.1, 0.15) is 5.56 Å². The summed E-state index contributed by atoms with van der Waals surface area (Å²) in [6.45, 7) is 0.132. The van der Waals surface area contributed by atoms with Crippen LogP contribution in [0.5, 0.6) is 5.75 Å². The topological polar surface area (TPSA) is 63.0 Å². The van der Waals surface area contributed by atoms with E-state index < -0.39 is 17.5 Å². The molecule has 0 radical (unpaired) electrons. The number of fused-ring (bicyclic) bond motifs is 1. The minimum atomic E-state index is -0.678. The van der Waals surface area contributed by atoms with E-state index in [1.807, 2.05) is 6.07 Å². The normalized spacial score (nSPS) is 11.2. The largest absolute Gasteiger partial charge is 0.508 e. The molecule has 0 atom stereocenters. The Hall–Kier alpha value is -4.04. The lowest BCUT2D eigenvalue weighted by Gasteiger charge is -2.12. The molecule has 0 aliphatic carbocycles. The second kappa shape index (κ2) is 8.72. The second-order valence-corrected chi connectivity index (χ2v) is 8.06. The van der Waals surface area contributed by atoms with Crippen LogP contribution in [0.3, 0.4) is 0 Å². The van der Waals surface area contributed by atoms with E-state index >= 15 is 0 Å². The van der Waals surface area contributed by atoms with Gasteiger partial charge in [-0.1, -0.05) is 11.6 Å². The van der Waals surface area contributed by atoms with Crippen molar-refractivity contribution in [2.75, 3.05) is 5.32 Å². The molecule has 5 aromatic rings. The van der Waals surface area contributed by atoms with Gasteiger partial charge in [0.25, 0.3) is 0 Å². The molecule has 34 heavy (non-hydrogen) atoms. The van der Waals surface area contributed by atoms with Crippen LogP contribution in [0.15, 0.2) is 73.1 Å². The summed E-state index contributed by atoms with van der Waals surface area (Å²) in [5.74, 6) is -1.35. The number of phenolic OH excluding ortho intramolecular Hbond substituents is 1. The van der Waals surface area contributed by atoms with Crippen LogP contribution in [-0.4, -0.2) is 19.6 Å². The summed E-state index contributed by atoms with van der Waals surface area (Å²) in [7, 11) is 0. The standard InChI is InChI=1S/C25H16ClF3N4O/c26-21-10-18(3-6-22(21)29)32-24-20-11-23(15-1-4-19(34)5-2-15)33(25(20)31-13-30-24)12-14-7-16(27)9-17(28)8-14/h1-11,13,34H,12H2,(H,30,31,32). The molecule has 170 valence electrons. The Morgan fingerprint density at radius 2 is 1.62 bits per heavy atom. The van der Waals surface area contributed by atoms with Crippen LogP contribution in [-0.2, 0) is 6.54 Å². The first-order chi connectivity index (χ1) is 16.4. The molecule has 0 saturated heterocycles. The number of nitrogens with one attached hydrogen (secondary N) is 1. The SMILES string of the molecule is Oc1ccc(-c2cc3c(Nc4ccc(F)c(Cl)c4)ncnc3n2Cc2cc(F)cc(F)c2)cc1. The number of halogens is 4. The van der Waals surface area contributed by atoms with Gasteiger partial charge in [-0.3, -0.25) is 0 Å². The third kappa shape index (κ3) is 4.27. The molecule has 5 nitrogen and oxygen atoms in total. The van der Waals surface area contributed by atoms with Crippen molar-refractivity contribution in [1.82, 2.24) is 14.5 Å². The predicted octanol–water partition coefficient (Wildman–Crippen LogP) is 6.67. The summed E-state index contributed by atoms with van der Waals surface area (Å²) in [6.07, 6.45) is 1.36. The van der Waals surface area contributed by atoms with Crippen molar-refractivity contribution in [3.8, 4) is 17.0 Å². The van der Waals surface area contributed by atoms with Gasteiger partial charge in [-0.15, -0.1) is 0 Å². The maximum Gasteiger partial charge on any atom is 0.146 e. The van der Waals surface area contributed by atoms with Crippen LogP contribution >= 0.6 is 11.6 Å². The first-order valence-corrected chi connectivity index (χ1v) is 10.6. The quantitative estimate of drug-likeness (QED) is 0.295. The van der Waals surface area contributed by atoms with Crippen LogP contribution in [0.25, 0.3) is 22.3 Å². The third-order valence-corrected chi connectivity index (χ3v) is 5.59. The van der Waals surface area contributed by atoms with Crippen LogP contribution in [0.4, 0.5) is 24.7 Å². The van der Waals surface area contributed by atoms with Crippen molar-refractivity contribution < 1.29 is 18.3 Å². The molecule has 0 spiro atoms. The first-order valence-electron chi connectivity index (χ1n) is 10.2. The first kappa shape index (κ1) is 21.8. The molecular weight excluding hydrogens is 465 g/mol. The lowest BCUT2D eigenvalue weighted by molar-refractivity contribution is 0.475. The van der Waals surface area contributed by atoms with E-state index in [2.05, 4.69) is 15.3 Å². The van der Waals surface area contributed by atoms with Gasteiger partial charge >= 0.3 is 0 Å². The molecule has 2 aromatic heterocycles. The average Bonchev–Trinajstić information content (AvgIpc) is 3.15. The Labute approximate surface area is 197 Å². The molecular formula is C25H16ClF3N4O. The van der Waals surface area contributed by atoms with Gasteiger partial charge in [-0.2, -0.15) is 0 Å². The lowest BCUT2D eigenvalue weighted by atomic mass is 10.1. The van der Waals surface area contributed by atoms with Crippen LogP contribution in [0.2, 0.25) is 5.02 Å². The zero-order valence-corrected chi connectivity index (χ0v) is 18.2. The van der Waals surface area contributed by atoms with Crippen LogP contribution < -0.4 is 5.32 Å². The fraction of sp³-hybridized carbons (Fsp3) is 0.0400. The molecule has 2 N–H and O–H groups in total. The maximum absolute atomic E-state index is 13.9. The van der Waals surface area contributed by atoms with E-state index in [-0.39, 0.29) is 17.3 Å². The number of hydrogen-bond donors (Lipinski definition) is 2. The van der Waals surface area contributed by atoms with E-state index in [9.17, 15) is 18.3 Å². The van der Waals surface area contributed by atoms with Crippen molar-refractivity contribution in [1.29, 1.82) is 0 Å². The Kier molecular flexibility index (Phi) is 5.59. The molecule has 0 amide bonds. The number of nitrogens with zero attached hydrogens (tertiary/aromatic N) is 3. The van der Waals surface area contributed by atoms with Gasteiger partial charge in [-0.05, 0) is 71.8 Å². The number of aromatic hydroxyl groups is 1. The number of rotatable bonds is 5. The van der Waals surface area contributed by atoms with Crippen molar-refractivity contribution in [2.24, 2.45) is 0 Å². The smallest absolute Gasteiger partial charge is 0.146 e. The fourth-order valence-corrected chi connectivity index (χ4v) is 3.97. The van der Waals surface area contributed by atoms with Gasteiger partial charge in [-0.25, -0.2) is 23.1 Å². The Morgan fingerprint density at radius 3 is 2.32 bits per heavy atom. The maximum atomic E-state index is 13.9. The van der Waals surface area contributed by atoms with E-state index in [0.717, 1.165) is 11.6 Å². The van der Waals surface area contributed by atoms with E-state index in [1.54, 1.807) is 28.8 Å². The molecule has 0 aliphatic heterocycles. The molecule has 0 fully saturated rings. The Bertz CT molecular complexity index is 1500. The van der Waals surface area contributed by atoms with Crippen molar-refractivity contribution >= 4 is 34.1 Å². The Balaban J connectivity index is 1.66. The van der Waals surface area contributed by atoms with E-state index in [4.69, 9.17) is 11.6 Å². The highest BCUT2D eigenvalue weighted by Crippen LogP contribution is 2.33. The van der Waals surface area contributed by atoms with E-state index in [0.29, 0.717) is 33.8 Å². The minimum Gasteiger partial charge on any atom is -0.508 e. The van der Waals surface area contributed by atoms with Gasteiger partial charge in [0.1, 0.15) is 41.0 Å². The summed E-state index contributed by atoms with van der Waals surface area (Å²) < 4.78 is 43.1. The molecule has 0 unspecified atom stereocenters. The van der Waals surface area contributed by atoms with Crippen molar-refractivity contribution in [3.05, 3.63) is 101 Å². The van der Waals surface area contributed by atoms with Crippen molar-refractivity contribution in [2.45, 2.75) is 6.54 Å². The highest BCUT2D eigenvalue weighted by Gasteiger charge is 2.17. The third-order valence-electron chi connectivity index (χ3n) is 5.30. The van der Waals surface area contributed by atoms with Gasteiger partial charge in [0, 0.05) is 18.3 Å². The zero-order valence-electron chi connectivity index (χ0n) is 17.4. The molecule has 9 heteroatoms. The number of hydrogen-bond acceptors (Lipinski definition) is 4. The number of phenols is 1. The van der Waals surface area contributed by atoms with Gasteiger partial charge in [0.15, 0.2) is 0 Å². The second-order valence-electron chi connectivity index (χ2n) is 7.65. The average molecular weight is 481 g/mol. The summed E-state index contributed by atoms with van der Waals surface area (Å²) in [6, 6.07) is 15.9. The summed E-state index contributed by atoms with van der Waals surface area (Å²) in [5, 5.41) is 13.4. The Morgan fingerprint density at radius 1 is 0.882 bits per heavy atom. The summed E-state index contributed by atoms with van der Waals surface area (Å²) in [4.78, 5) is 8.73. The van der Waals surface area contributed by atoms with Crippen molar-refractivity contribution in [3.63, 3.8) is 0 Å². The molecule has 3 aromatic carbocycles. The lowest BCUT2D eigenvalue weighted by Crippen LogP contribution is -2.04. The highest BCUT2D eigenvalue weighted by atomic mass is 35.5. The van der Waals surface area contributed by atoms with Gasteiger partial charge in [0.2, 0.25) is 0 Å². The number of benzene rings is 3. The molecule has 5 rings (SSSR count). The fourth-order valence-electron chi connectivity index (χ4n) is 3.79. The van der Waals surface area contributed by atoms with Crippen LogP contribution in [0, 0.1) is 17.5 Å². The zero-order chi connectivity index (χ0) is 23.8.